The molecular formula is C15H19Cl2NO4. The average Bonchev–Trinajstić information content (AvgIpc) is 3.06. The van der Waals surface area contributed by atoms with Crippen molar-refractivity contribution in [2.45, 2.75) is 39.0 Å². The van der Waals surface area contributed by atoms with Crippen LogP contribution in [-0.2, 0) is 19.2 Å². The molecule has 22 heavy (non-hydrogen) atoms. The molecule has 0 amide bonds. The number of aromatic nitrogens is 1. The Hall–Kier alpha value is -1.55. The van der Waals surface area contributed by atoms with Crippen LogP contribution < -0.4 is 0 Å². The van der Waals surface area contributed by atoms with Crippen molar-refractivity contribution in [2.24, 2.45) is 5.92 Å². The van der Waals surface area contributed by atoms with E-state index < -0.39 is 0 Å². The van der Waals surface area contributed by atoms with E-state index in [1.807, 2.05) is 18.2 Å². The fourth-order valence-electron chi connectivity index (χ4n) is 1.47. The van der Waals surface area contributed by atoms with Gasteiger partial charge in [-0.3, -0.25) is 14.6 Å². The van der Waals surface area contributed by atoms with Gasteiger partial charge in [-0.15, -0.1) is 0 Å². The summed E-state index contributed by atoms with van der Waals surface area (Å²) >= 11 is 10.1. The Bertz CT molecular complexity index is 402. The maximum Gasteiger partial charge on any atom is 0.373 e. The Labute approximate surface area is 140 Å². The van der Waals surface area contributed by atoms with E-state index in [1.54, 1.807) is 19.3 Å². The summed E-state index contributed by atoms with van der Waals surface area (Å²) in [5.74, 6) is 0.191. The Morgan fingerprint density at radius 3 is 1.64 bits per heavy atom. The fraction of sp³-hybridized carbons (Fsp3) is 0.467. The van der Waals surface area contributed by atoms with Gasteiger partial charge in [-0.25, -0.2) is 0 Å². The first-order valence-corrected chi connectivity index (χ1v) is 7.47. The monoisotopic (exact) mass is 347 g/mol. The average molecular weight is 348 g/mol. The second kappa shape index (κ2) is 17.5. The van der Waals surface area contributed by atoms with Crippen molar-refractivity contribution in [3.8, 4) is 0 Å². The summed E-state index contributed by atoms with van der Waals surface area (Å²) in [4.78, 5) is 40.0. The van der Waals surface area contributed by atoms with Crippen LogP contribution in [0.5, 0.6) is 0 Å². The number of halogens is 2. The summed E-state index contributed by atoms with van der Waals surface area (Å²) in [5.41, 5.74) is 0. The molecule has 1 fully saturated rings. The predicted octanol–water partition coefficient (Wildman–Crippen LogP) is 3.60. The number of carbonyl (C=O) groups is 2. The molecule has 1 heterocycles. The molecular weight excluding hydrogens is 329 g/mol. The summed E-state index contributed by atoms with van der Waals surface area (Å²) in [6.45, 7) is 1.72. The molecule has 0 radical (unpaired) electrons. The molecule has 0 saturated heterocycles. The van der Waals surface area contributed by atoms with Crippen LogP contribution in [0.1, 0.15) is 39.0 Å². The van der Waals surface area contributed by atoms with Crippen LogP contribution in [0.3, 0.4) is 0 Å². The number of hydrogen-bond acceptors (Lipinski definition) is 5. The van der Waals surface area contributed by atoms with Gasteiger partial charge in [-0.05, 0) is 48.2 Å². The Kier molecular flexibility index (Phi) is 18.1. The van der Waals surface area contributed by atoms with Crippen molar-refractivity contribution in [1.29, 1.82) is 0 Å². The molecule has 5 nitrogen and oxygen atoms in total. The zero-order chi connectivity index (χ0) is 17.2. The van der Waals surface area contributed by atoms with Crippen LogP contribution in [0.25, 0.3) is 0 Å². The zero-order valence-electron chi connectivity index (χ0n) is 12.3. The molecule has 0 N–H and O–H groups in total. The lowest BCUT2D eigenvalue weighted by molar-refractivity contribution is -0.191. The lowest BCUT2D eigenvalue weighted by Crippen LogP contribution is -2.01. The maximum atomic E-state index is 10.4. The van der Waals surface area contributed by atoms with Crippen LogP contribution in [0.2, 0.25) is 0 Å². The summed E-state index contributed by atoms with van der Waals surface area (Å²) in [7, 11) is 0. The van der Waals surface area contributed by atoms with Gasteiger partial charge in [0.2, 0.25) is 10.5 Å². The molecule has 122 valence electrons. The minimum absolute atomic E-state index is 0.137. The van der Waals surface area contributed by atoms with Gasteiger partial charge in [0.1, 0.15) is 0 Å². The highest BCUT2D eigenvalue weighted by Crippen LogP contribution is 2.26. The Balaban J connectivity index is 0. The molecule has 0 aromatic carbocycles. The second-order valence-corrected chi connectivity index (χ2v) is 4.90. The van der Waals surface area contributed by atoms with Crippen molar-refractivity contribution in [3.05, 3.63) is 30.6 Å². The molecule has 0 aliphatic heterocycles. The molecule has 1 aromatic rings. The van der Waals surface area contributed by atoms with Gasteiger partial charge < -0.3 is 0 Å². The van der Waals surface area contributed by atoms with Gasteiger partial charge in [0.05, 0.1) is 0 Å². The van der Waals surface area contributed by atoms with Gasteiger partial charge in [0.25, 0.3) is 0 Å². The van der Waals surface area contributed by atoms with E-state index in [0.717, 1.165) is 12.8 Å². The SMILES string of the molecule is CCC(=O)Cl.O=C(Cl)C1CCCC1.O=C=O.c1ccncc1. The highest BCUT2D eigenvalue weighted by molar-refractivity contribution is 6.64. The third-order valence-electron chi connectivity index (χ3n) is 2.52. The molecule has 1 aliphatic rings. The van der Waals surface area contributed by atoms with Crippen molar-refractivity contribution in [2.75, 3.05) is 0 Å². The normalized spacial score (nSPS) is 12.1. The third-order valence-corrected chi connectivity index (χ3v) is 3.10. The summed E-state index contributed by atoms with van der Waals surface area (Å²) in [5, 5.41) is -0.410. The van der Waals surface area contributed by atoms with E-state index in [9.17, 15) is 9.59 Å². The molecule has 1 saturated carbocycles. The standard InChI is InChI=1S/C6H9ClO.C5H5N.C3H5ClO.CO2/c7-6(8)5-3-1-2-4-5;1-2-4-6-5-3-1;1-2-3(4)5;2-1-3/h5H,1-4H2;1-5H;2H2,1H3;. The van der Waals surface area contributed by atoms with E-state index in [2.05, 4.69) is 4.98 Å². The van der Waals surface area contributed by atoms with Crippen molar-refractivity contribution < 1.29 is 19.2 Å². The highest BCUT2D eigenvalue weighted by atomic mass is 35.5. The lowest BCUT2D eigenvalue weighted by atomic mass is 10.1. The van der Waals surface area contributed by atoms with E-state index in [4.69, 9.17) is 32.8 Å². The fourth-order valence-corrected chi connectivity index (χ4v) is 1.68. The lowest BCUT2D eigenvalue weighted by Gasteiger charge is -1.96. The Morgan fingerprint density at radius 2 is 1.50 bits per heavy atom. The third kappa shape index (κ3) is 18.4. The minimum Gasteiger partial charge on any atom is -0.281 e. The first-order chi connectivity index (χ1) is 10.5. The molecule has 0 atom stereocenters. The van der Waals surface area contributed by atoms with Gasteiger partial charge in [-0.2, -0.15) is 9.59 Å². The first-order valence-electron chi connectivity index (χ1n) is 6.71. The van der Waals surface area contributed by atoms with Crippen molar-refractivity contribution in [1.82, 2.24) is 4.98 Å². The topological polar surface area (TPSA) is 81.2 Å². The summed E-state index contributed by atoms with van der Waals surface area (Å²) in [6.07, 6.45) is 8.58. The van der Waals surface area contributed by atoms with E-state index in [1.165, 1.54) is 12.8 Å². The first kappa shape index (κ1) is 22.7. The van der Waals surface area contributed by atoms with Crippen LogP contribution in [0.15, 0.2) is 30.6 Å². The largest absolute Gasteiger partial charge is 0.373 e. The number of hydrogen-bond donors (Lipinski definition) is 0. The Morgan fingerprint density at radius 1 is 1.09 bits per heavy atom. The molecule has 1 aliphatic carbocycles. The van der Waals surface area contributed by atoms with Crippen molar-refractivity contribution >= 4 is 39.8 Å². The minimum atomic E-state index is -0.273. The number of carbonyl (C=O) groups excluding carboxylic acids is 4. The summed E-state index contributed by atoms with van der Waals surface area (Å²) < 4.78 is 0. The van der Waals surface area contributed by atoms with Crippen LogP contribution in [-0.4, -0.2) is 21.6 Å². The maximum absolute atomic E-state index is 10.4. The van der Waals surface area contributed by atoms with Crippen LogP contribution in [0, 0.1) is 5.92 Å². The smallest absolute Gasteiger partial charge is 0.281 e. The summed E-state index contributed by atoms with van der Waals surface area (Å²) in [6, 6.07) is 5.72. The molecule has 0 bridgehead atoms. The van der Waals surface area contributed by atoms with E-state index in [-0.39, 0.29) is 22.6 Å². The molecule has 1 aromatic heterocycles. The van der Waals surface area contributed by atoms with E-state index >= 15 is 0 Å². The number of nitrogens with zero attached hydrogens (tertiary/aromatic N) is 1. The van der Waals surface area contributed by atoms with Crippen molar-refractivity contribution in [3.63, 3.8) is 0 Å². The van der Waals surface area contributed by atoms with Crippen LogP contribution in [0.4, 0.5) is 0 Å². The van der Waals surface area contributed by atoms with E-state index in [0.29, 0.717) is 6.42 Å². The van der Waals surface area contributed by atoms with Crippen LogP contribution >= 0.6 is 23.2 Å². The van der Waals surface area contributed by atoms with Gasteiger partial charge in [-0.1, -0.05) is 25.8 Å². The number of pyridine rings is 1. The molecule has 0 spiro atoms. The quantitative estimate of drug-likeness (QED) is 0.763. The van der Waals surface area contributed by atoms with Gasteiger partial charge in [0, 0.05) is 24.7 Å². The molecule has 7 heteroatoms. The highest BCUT2D eigenvalue weighted by Gasteiger charge is 2.20. The number of rotatable bonds is 2. The predicted molar refractivity (Wildman–Crippen MR) is 83.2 cm³/mol. The zero-order valence-corrected chi connectivity index (χ0v) is 13.8. The second-order valence-electron chi connectivity index (χ2n) is 4.10. The van der Waals surface area contributed by atoms with Gasteiger partial charge in [0.15, 0.2) is 0 Å². The molecule has 2 rings (SSSR count). The van der Waals surface area contributed by atoms with Gasteiger partial charge >= 0.3 is 6.15 Å². The molecule has 0 unspecified atom stereocenters.